The molecule has 0 aliphatic carbocycles. The Morgan fingerprint density at radius 2 is 1.17 bits per heavy atom. The van der Waals surface area contributed by atoms with Crippen LogP contribution in [-0.4, -0.2) is 22.2 Å². The predicted octanol–water partition coefficient (Wildman–Crippen LogP) is 4.58. The van der Waals surface area contributed by atoms with Crippen LogP contribution in [0.4, 0.5) is 0 Å². The van der Waals surface area contributed by atoms with E-state index in [2.05, 4.69) is 13.8 Å². The van der Waals surface area contributed by atoms with Crippen LogP contribution in [-0.2, 0) is 5.41 Å². The molecule has 0 atom stereocenters. The maximum absolute atomic E-state index is 11.1. The average Bonchev–Trinajstić information content (AvgIpc) is 2.60. The molecule has 2 aromatic rings. The molecule has 0 amide bonds. The van der Waals surface area contributed by atoms with Crippen molar-refractivity contribution in [2.75, 3.05) is 0 Å². The van der Waals surface area contributed by atoms with E-state index in [-0.39, 0.29) is 16.5 Å². The Hall–Kier alpha value is -2.62. The lowest BCUT2D eigenvalue weighted by molar-refractivity contribution is 0.0686. The lowest BCUT2D eigenvalue weighted by Crippen LogP contribution is -2.27. The van der Waals surface area contributed by atoms with Gasteiger partial charge in [0.05, 0.1) is 11.1 Å². The summed E-state index contributed by atoms with van der Waals surface area (Å²) in [5, 5.41) is 18.2. The van der Waals surface area contributed by atoms with Crippen molar-refractivity contribution in [3.05, 3.63) is 70.8 Å². The third-order valence-electron chi connectivity index (χ3n) is 4.65. The second-order valence-corrected chi connectivity index (χ2v) is 5.95. The summed E-state index contributed by atoms with van der Waals surface area (Å²) in [5.41, 5.74) is 2.39. The Morgan fingerprint density at radius 1 is 0.792 bits per heavy atom. The molecule has 0 unspecified atom stereocenters. The molecule has 0 aliphatic rings. The van der Waals surface area contributed by atoms with Crippen LogP contribution >= 0.6 is 0 Å². The summed E-state index contributed by atoms with van der Waals surface area (Å²) in [4.78, 5) is 22.1. The number of hydrogen-bond acceptors (Lipinski definition) is 2. The molecule has 0 radical (unpaired) electrons. The third kappa shape index (κ3) is 3.32. The molecule has 2 rings (SSSR count). The third-order valence-corrected chi connectivity index (χ3v) is 4.65. The van der Waals surface area contributed by atoms with Gasteiger partial charge in [0.15, 0.2) is 0 Å². The topological polar surface area (TPSA) is 74.6 Å². The summed E-state index contributed by atoms with van der Waals surface area (Å²) >= 11 is 0. The second kappa shape index (κ2) is 7.30. The van der Waals surface area contributed by atoms with E-state index in [9.17, 15) is 9.59 Å². The molecule has 0 bridgehead atoms. The molecular weight excluding hydrogens is 304 g/mol. The maximum atomic E-state index is 11.1. The van der Waals surface area contributed by atoms with Crippen LogP contribution in [0.15, 0.2) is 48.5 Å². The number of carboxylic acid groups (broad SMARTS) is 2. The minimum atomic E-state index is -0.940. The molecule has 0 fully saturated rings. The van der Waals surface area contributed by atoms with Gasteiger partial charge in [0.2, 0.25) is 0 Å². The molecule has 4 nitrogen and oxygen atoms in total. The van der Waals surface area contributed by atoms with Crippen molar-refractivity contribution in [1.82, 2.24) is 0 Å². The van der Waals surface area contributed by atoms with Gasteiger partial charge in [-0.3, -0.25) is 0 Å². The Balaban J connectivity index is 2.52. The SMILES string of the molecule is CCCC(CC)(c1ccc(C(=O)O)cc1)c1ccc(C(=O)O)cc1. The highest BCUT2D eigenvalue weighted by molar-refractivity contribution is 5.88. The molecule has 0 spiro atoms. The summed E-state index contributed by atoms with van der Waals surface area (Å²) in [6.07, 6.45) is 2.72. The van der Waals surface area contributed by atoms with Crippen molar-refractivity contribution in [1.29, 1.82) is 0 Å². The first-order valence-corrected chi connectivity index (χ1v) is 8.12. The molecule has 0 saturated carbocycles. The number of rotatable bonds is 7. The second-order valence-electron chi connectivity index (χ2n) is 5.95. The lowest BCUT2D eigenvalue weighted by atomic mass is 9.69. The molecule has 2 aromatic carbocycles. The predicted molar refractivity (Wildman–Crippen MR) is 92.8 cm³/mol. The molecule has 126 valence electrons. The highest BCUT2D eigenvalue weighted by atomic mass is 16.4. The number of carboxylic acids is 2. The molecule has 4 heteroatoms. The van der Waals surface area contributed by atoms with Gasteiger partial charge >= 0.3 is 11.9 Å². The van der Waals surface area contributed by atoms with Crippen LogP contribution in [0.1, 0.15) is 65.0 Å². The monoisotopic (exact) mass is 326 g/mol. The number of carbonyl (C=O) groups is 2. The normalized spacial score (nSPS) is 11.2. The average molecular weight is 326 g/mol. The van der Waals surface area contributed by atoms with E-state index in [1.165, 1.54) is 0 Å². The molecule has 0 aliphatic heterocycles. The molecule has 2 N–H and O–H groups in total. The van der Waals surface area contributed by atoms with Crippen LogP contribution < -0.4 is 0 Å². The van der Waals surface area contributed by atoms with Crippen LogP contribution in [0.2, 0.25) is 0 Å². The van der Waals surface area contributed by atoms with Crippen molar-refractivity contribution in [3.8, 4) is 0 Å². The fourth-order valence-electron chi connectivity index (χ4n) is 3.33. The van der Waals surface area contributed by atoms with Gasteiger partial charge in [-0.05, 0) is 48.2 Å². The smallest absolute Gasteiger partial charge is 0.335 e. The Labute approximate surface area is 141 Å². The fraction of sp³-hybridized carbons (Fsp3) is 0.300. The van der Waals surface area contributed by atoms with E-state index in [0.29, 0.717) is 0 Å². The standard InChI is InChI=1S/C20H22O4/c1-3-13-20(4-2,16-9-5-14(6-10-16)18(21)22)17-11-7-15(8-12-17)19(23)24/h5-12H,3-4,13H2,1-2H3,(H,21,22)(H,23,24). The van der Waals surface area contributed by atoms with E-state index in [1.807, 2.05) is 24.3 Å². The van der Waals surface area contributed by atoms with Crippen LogP contribution in [0.3, 0.4) is 0 Å². The molecule has 0 aromatic heterocycles. The first-order chi connectivity index (χ1) is 11.4. The largest absolute Gasteiger partial charge is 0.478 e. The molecule has 0 saturated heterocycles. The summed E-state index contributed by atoms with van der Waals surface area (Å²) in [7, 11) is 0. The first-order valence-electron chi connectivity index (χ1n) is 8.12. The Bertz CT molecular complexity index is 657. The van der Waals surface area contributed by atoms with Crippen LogP contribution in [0.25, 0.3) is 0 Å². The Morgan fingerprint density at radius 3 is 1.42 bits per heavy atom. The summed E-state index contributed by atoms with van der Waals surface area (Å²) in [6, 6.07) is 14.0. The number of benzene rings is 2. The van der Waals surface area contributed by atoms with E-state index in [1.54, 1.807) is 24.3 Å². The van der Waals surface area contributed by atoms with Gasteiger partial charge in [0.1, 0.15) is 0 Å². The quantitative estimate of drug-likeness (QED) is 0.781. The van der Waals surface area contributed by atoms with Gasteiger partial charge in [0, 0.05) is 5.41 Å². The zero-order valence-corrected chi connectivity index (χ0v) is 14.0. The number of hydrogen-bond donors (Lipinski definition) is 2. The Kier molecular flexibility index (Phi) is 5.39. The van der Waals surface area contributed by atoms with Gasteiger partial charge in [-0.1, -0.05) is 44.5 Å². The minimum Gasteiger partial charge on any atom is -0.478 e. The van der Waals surface area contributed by atoms with Crippen LogP contribution in [0.5, 0.6) is 0 Å². The van der Waals surface area contributed by atoms with Crippen molar-refractivity contribution < 1.29 is 19.8 Å². The van der Waals surface area contributed by atoms with Gasteiger partial charge in [0.25, 0.3) is 0 Å². The maximum Gasteiger partial charge on any atom is 0.335 e. The zero-order valence-electron chi connectivity index (χ0n) is 14.0. The molecular formula is C20H22O4. The number of aromatic carboxylic acids is 2. The van der Waals surface area contributed by atoms with Crippen molar-refractivity contribution in [2.45, 2.75) is 38.5 Å². The highest BCUT2D eigenvalue weighted by Crippen LogP contribution is 2.40. The van der Waals surface area contributed by atoms with Crippen molar-refractivity contribution >= 4 is 11.9 Å². The fourth-order valence-corrected chi connectivity index (χ4v) is 3.33. The minimum absolute atomic E-state index is 0.247. The highest BCUT2D eigenvalue weighted by Gasteiger charge is 2.31. The van der Waals surface area contributed by atoms with Gasteiger partial charge < -0.3 is 10.2 Å². The lowest BCUT2D eigenvalue weighted by Gasteiger charge is -2.34. The molecule has 0 heterocycles. The van der Waals surface area contributed by atoms with E-state index in [0.717, 1.165) is 30.4 Å². The summed E-state index contributed by atoms with van der Waals surface area (Å²) in [6.45, 7) is 4.22. The summed E-state index contributed by atoms with van der Waals surface area (Å²) in [5.74, 6) is -1.88. The van der Waals surface area contributed by atoms with E-state index >= 15 is 0 Å². The van der Waals surface area contributed by atoms with Gasteiger partial charge in [-0.25, -0.2) is 9.59 Å². The van der Waals surface area contributed by atoms with Gasteiger partial charge in [-0.2, -0.15) is 0 Å². The van der Waals surface area contributed by atoms with E-state index < -0.39 is 11.9 Å². The van der Waals surface area contributed by atoms with Crippen LogP contribution in [0, 0.1) is 0 Å². The first kappa shape index (κ1) is 17.7. The molecule has 24 heavy (non-hydrogen) atoms. The van der Waals surface area contributed by atoms with Crippen molar-refractivity contribution in [3.63, 3.8) is 0 Å². The zero-order chi connectivity index (χ0) is 17.7. The summed E-state index contributed by atoms with van der Waals surface area (Å²) < 4.78 is 0. The van der Waals surface area contributed by atoms with E-state index in [4.69, 9.17) is 10.2 Å². The van der Waals surface area contributed by atoms with Crippen molar-refractivity contribution in [2.24, 2.45) is 0 Å². The van der Waals surface area contributed by atoms with Gasteiger partial charge in [-0.15, -0.1) is 0 Å².